The zero-order valence-electron chi connectivity index (χ0n) is 14.3. The Kier molecular flexibility index (Phi) is 3.98. The second-order valence-electron chi connectivity index (χ2n) is 8.52. The fraction of sp³-hybridized carbons (Fsp3) is 0.889. The molecule has 4 rings (SSSR count). The van der Waals surface area contributed by atoms with E-state index in [-0.39, 0.29) is 24.0 Å². The Morgan fingerprint density at radius 1 is 1.14 bits per heavy atom. The molecule has 2 heterocycles. The molecule has 1 amide bonds. The average molecular weight is 307 g/mol. The minimum atomic E-state index is -0.513. The highest BCUT2D eigenvalue weighted by Gasteiger charge is 2.52. The standard InChI is InChI=1S/C18H29NO3/c1-11(20)16-13-7-8-15(14(10-13)9-12-5-6-12)19(16)17(21)22-18(2,3)4/h12-16H,5-10H2,1-4H3/t13-,14-,15+,16-/m1/s1. The summed E-state index contributed by atoms with van der Waals surface area (Å²) in [7, 11) is 0. The molecule has 0 aromatic carbocycles. The van der Waals surface area contributed by atoms with Crippen molar-refractivity contribution in [1.82, 2.24) is 4.90 Å². The van der Waals surface area contributed by atoms with E-state index in [0.717, 1.165) is 25.2 Å². The number of hydrogen-bond acceptors (Lipinski definition) is 3. The summed E-state index contributed by atoms with van der Waals surface area (Å²) in [6.07, 6.45) is 6.85. The highest BCUT2D eigenvalue weighted by atomic mass is 16.6. The van der Waals surface area contributed by atoms with E-state index in [0.29, 0.717) is 11.8 Å². The van der Waals surface area contributed by atoms with Crippen LogP contribution in [0.1, 0.15) is 66.2 Å². The molecule has 0 unspecified atom stereocenters. The minimum Gasteiger partial charge on any atom is -0.444 e. The third-order valence-corrected chi connectivity index (χ3v) is 5.44. The van der Waals surface area contributed by atoms with Crippen molar-refractivity contribution in [1.29, 1.82) is 0 Å². The maximum Gasteiger partial charge on any atom is 0.411 e. The van der Waals surface area contributed by atoms with Gasteiger partial charge in [0.25, 0.3) is 0 Å². The summed E-state index contributed by atoms with van der Waals surface area (Å²) in [5.74, 6) is 1.87. The monoisotopic (exact) mass is 307 g/mol. The summed E-state index contributed by atoms with van der Waals surface area (Å²) in [6.45, 7) is 7.28. The van der Waals surface area contributed by atoms with Crippen LogP contribution in [0.4, 0.5) is 4.79 Å². The van der Waals surface area contributed by atoms with Gasteiger partial charge < -0.3 is 4.74 Å². The number of piperidine rings is 2. The number of Topliss-reactive ketones (excluding diaryl/α,β-unsaturated/α-hetero) is 1. The van der Waals surface area contributed by atoms with Crippen LogP contribution in [0.3, 0.4) is 0 Å². The quantitative estimate of drug-likeness (QED) is 0.797. The summed E-state index contributed by atoms with van der Waals surface area (Å²) in [6, 6.07) is -0.0570. The van der Waals surface area contributed by atoms with Gasteiger partial charge >= 0.3 is 6.09 Å². The largest absolute Gasteiger partial charge is 0.444 e. The topological polar surface area (TPSA) is 46.6 Å². The zero-order chi connectivity index (χ0) is 16.1. The van der Waals surface area contributed by atoms with Gasteiger partial charge in [-0.15, -0.1) is 0 Å². The second kappa shape index (κ2) is 5.54. The molecular formula is C18H29NO3. The highest BCUT2D eigenvalue weighted by Crippen LogP contribution is 2.48. The molecule has 0 aromatic heterocycles. The van der Waals surface area contributed by atoms with Crippen molar-refractivity contribution in [3.63, 3.8) is 0 Å². The maximum absolute atomic E-state index is 12.7. The van der Waals surface area contributed by atoms with Gasteiger partial charge in [-0.25, -0.2) is 4.79 Å². The van der Waals surface area contributed by atoms with Crippen molar-refractivity contribution >= 4 is 11.9 Å². The van der Waals surface area contributed by atoms with E-state index in [1.54, 1.807) is 6.92 Å². The lowest BCUT2D eigenvalue weighted by Crippen LogP contribution is -2.63. The van der Waals surface area contributed by atoms with Gasteiger partial charge in [-0.05, 0) is 71.1 Å². The van der Waals surface area contributed by atoms with E-state index in [9.17, 15) is 9.59 Å². The third kappa shape index (κ3) is 3.16. The Hall–Kier alpha value is -1.06. The SMILES string of the molecule is CC(=O)[C@@H]1[C@@H]2CC[C@@H]([C@H](CC3CC3)C2)N1C(=O)OC(C)(C)C. The molecule has 0 N–H and O–H groups in total. The first-order valence-electron chi connectivity index (χ1n) is 8.78. The van der Waals surface area contributed by atoms with E-state index in [2.05, 4.69) is 0 Å². The molecule has 4 fully saturated rings. The van der Waals surface area contributed by atoms with Crippen LogP contribution in [0.5, 0.6) is 0 Å². The van der Waals surface area contributed by atoms with Crippen LogP contribution >= 0.6 is 0 Å². The molecule has 0 radical (unpaired) electrons. The molecule has 0 spiro atoms. The Bertz CT molecular complexity index is 463. The van der Waals surface area contributed by atoms with Crippen molar-refractivity contribution in [3.8, 4) is 0 Å². The summed E-state index contributed by atoms with van der Waals surface area (Å²) >= 11 is 0. The lowest BCUT2D eigenvalue weighted by Gasteiger charge is -2.54. The number of ketones is 1. The number of nitrogens with zero attached hydrogens (tertiary/aromatic N) is 1. The molecular weight excluding hydrogens is 278 g/mol. The summed E-state index contributed by atoms with van der Waals surface area (Å²) in [5, 5.41) is 0. The molecule has 2 aliphatic carbocycles. The molecule has 2 saturated heterocycles. The predicted molar refractivity (Wildman–Crippen MR) is 84.5 cm³/mol. The van der Waals surface area contributed by atoms with Gasteiger partial charge in [-0.2, -0.15) is 0 Å². The van der Waals surface area contributed by atoms with E-state index in [4.69, 9.17) is 4.74 Å². The Labute approximate surface area is 133 Å². The lowest BCUT2D eigenvalue weighted by molar-refractivity contribution is -0.134. The first kappa shape index (κ1) is 15.8. The number of fused-ring (bicyclic) bond motifs is 3. The maximum atomic E-state index is 12.7. The molecule has 124 valence electrons. The van der Waals surface area contributed by atoms with Crippen molar-refractivity contribution in [2.24, 2.45) is 17.8 Å². The number of ether oxygens (including phenoxy) is 1. The van der Waals surface area contributed by atoms with E-state index >= 15 is 0 Å². The van der Waals surface area contributed by atoms with Gasteiger partial charge in [-0.1, -0.05) is 12.8 Å². The first-order chi connectivity index (χ1) is 10.3. The van der Waals surface area contributed by atoms with Crippen LogP contribution in [0.15, 0.2) is 0 Å². The molecule has 0 aromatic rings. The van der Waals surface area contributed by atoms with Crippen LogP contribution in [0.2, 0.25) is 0 Å². The zero-order valence-corrected chi connectivity index (χ0v) is 14.3. The van der Waals surface area contributed by atoms with Crippen molar-refractivity contribution in [2.45, 2.75) is 83.9 Å². The van der Waals surface area contributed by atoms with Crippen molar-refractivity contribution in [2.75, 3.05) is 0 Å². The van der Waals surface area contributed by atoms with Crippen LogP contribution in [-0.2, 0) is 9.53 Å². The second-order valence-corrected chi connectivity index (χ2v) is 8.52. The summed E-state index contributed by atoms with van der Waals surface area (Å²) in [5.41, 5.74) is -0.513. The number of carbonyl (C=O) groups excluding carboxylic acids is 2. The van der Waals surface area contributed by atoms with Gasteiger partial charge in [0.1, 0.15) is 5.60 Å². The van der Waals surface area contributed by atoms with Gasteiger partial charge in [0.15, 0.2) is 5.78 Å². The Morgan fingerprint density at radius 3 is 2.36 bits per heavy atom. The van der Waals surface area contributed by atoms with Crippen molar-refractivity contribution in [3.05, 3.63) is 0 Å². The molecule has 4 aliphatic rings. The van der Waals surface area contributed by atoms with E-state index < -0.39 is 5.60 Å². The molecule has 2 bridgehead atoms. The van der Waals surface area contributed by atoms with Crippen LogP contribution in [-0.4, -0.2) is 34.5 Å². The minimum absolute atomic E-state index is 0.116. The third-order valence-electron chi connectivity index (χ3n) is 5.44. The van der Waals surface area contributed by atoms with E-state index in [1.807, 2.05) is 25.7 Å². The number of rotatable bonds is 3. The molecule has 4 atom stereocenters. The van der Waals surface area contributed by atoms with Gasteiger partial charge in [0.2, 0.25) is 0 Å². The molecule has 4 heteroatoms. The Morgan fingerprint density at radius 2 is 1.82 bits per heavy atom. The molecule has 4 nitrogen and oxygen atoms in total. The average Bonchev–Trinajstić information content (AvgIpc) is 3.20. The Balaban J connectivity index is 1.81. The van der Waals surface area contributed by atoms with Gasteiger partial charge in [-0.3, -0.25) is 9.69 Å². The van der Waals surface area contributed by atoms with Crippen molar-refractivity contribution < 1.29 is 14.3 Å². The lowest BCUT2D eigenvalue weighted by atomic mass is 9.66. The molecule has 2 aliphatic heterocycles. The summed E-state index contributed by atoms with van der Waals surface area (Å²) in [4.78, 5) is 26.7. The van der Waals surface area contributed by atoms with Gasteiger partial charge in [0, 0.05) is 6.04 Å². The normalized spacial score (nSPS) is 34.6. The number of hydrogen-bond donors (Lipinski definition) is 0. The van der Waals surface area contributed by atoms with Crippen LogP contribution in [0.25, 0.3) is 0 Å². The molecule has 2 saturated carbocycles. The predicted octanol–water partition coefficient (Wildman–Crippen LogP) is 3.78. The number of carbonyl (C=O) groups is 2. The highest BCUT2D eigenvalue weighted by molar-refractivity contribution is 5.86. The van der Waals surface area contributed by atoms with Crippen LogP contribution < -0.4 is 0 Å². The first-order valence-corrected chi connectivity index (χ1v) is 8.78. The fourth-order valence-corrected chi connectivity index (χ4v) is 4.50. The summed E-state index contributed by atoms with van der Waals surface area (Å²) < 4.78 is 5.61. The number of amides is 1. The smallest absolute Gasteiger partial charge is 0.411 e. The fourth-order valence-electron chi connectivity index (χ4n) is 4.50. The van der Waals surface area contributed by atoms with Gasteiger partial charge in [0.05, 0.1) is 6.04 Å². The van der Waals surface area contributed by atoms with E-state index in [1.165, 1.54) is 19.3 Å². The molecule has 22 heavy (non-hydrogen) atoms. The van der Waals surface area contributed by atoms with Crippen LogP contribution in [0, 0.1) is 17.8 Å².